The van der Waals surface area contributed by atoms with Crippen LogP contribution in [0, 0.1) is 11.8 Å². The van der Waals surface area contributed by atoms with Gasteiger partial charge in [0.15, 0.2) is 5.13 Å². The normalized spacial score (nSPS) is 24.8. The molecule has 1 aliphatic carbocycles. The number of carbonyl (C=O) groups is 3. The standard InChI is InChI=1S/C16H21N3O3S2/c1-23-8-6-12(13(20)18-16-17-7-9-24-16)19-14(21)10-4-2-3-5-11(10)15(19)22/h7,9-12H,2-6,8H2,1H3,(H,17,18,20). The monoisotopic (exact) mass is 367 g/mol. The SMILES string of the molecule is CSCCC(C(=O)Nc1nccs1)N1C(=O)C2CCCCC2C1=O. The molecule has 2 aliphatic rings. The number of anilines is 1. The second-order valence-electron chi connectivity index (χ2n) is 6.17. The van der Waals surface area contributed by atoms with Crippen LogP contribution in [0.3, 0.4) is 0 Å². The van der Waals surface area contributed by atoms with Crippen molar-refractivity contribution >= 4 is 46.0 Å². The van der Waals surface area contributed by atoms with Gasteiger partial charge in [-0.3, -0.25) is 19.3 Å². The number of hydrogen-bond acceptors (Lipinski definition) is 6. The molecule has 2 heterocycles. The van der Waals surface area contributed by atoms with Gasteiger partial charge < -0.3 is 5.32 Å². The summed E-state index contributed by atoms with van der Waals surface area (Å²) in [6.07, 6.45) is 7.50. The van der Waals surface area contributed by atoms with Gasteiger partial charge in [-0.2, -0.15) is 11.8 Å². The van der Waals surface area contributed by atoms with Gasteiger partial charge in [-0.05, 0) is 31.3 Å². The lowest BCUT2D eigenvalue weighted by molar-refractivity contribution is -0.146. The molecule has 130 valence electrons. The van der Waals surface area contributed by atoms with Crippen LogP contribution < -0.4 is 5.32 Å². The number of hydrogen-bond donors (Lipinski definition) is 1. The summed E-state index contributed by atoms with van der Waals surface area (Å²) in [6, 6.07) is -0.744. The summed E-state index contributed by atoms with van der Waals surface area (Å²) < 4.78 is 0. The Labute approximate surface area is 149 Å². The highest BCUT2D eigenvalue weighted by Crippen LogP contribution is 2.39. The average Bonchev–Trinajstić information content (AvgIpc) is 3.18. The Hall–Kier alpha value is -1.41. The molecule has 3 unspecified atom stereocenters. The van der Waals surface area contributed by atoms with Gasteiger partial charge in [0.2, 0.25) is 17.7 Å². The first-order valence-electron chi connectivity index (χ1n) is 8.19. The van der Waals surface area contributed by atoms with E-state index in [1.165, 1.54) is 16.2 Å². The molecule has 3 amide bonds. The van der Waals surface area contributed by atoms with E-state index in [0.717, 1.165) is 25.7 Å². The fourth-order valence-electron chi connectivity index (χ4n) is 3.58. The molecule has 1 aromatic rings. The predicted molar refractivity (Wildman–Crippen MR) is 94.8 cm³/mol. The first kappa shape index (κ1) is 17.4. The number of fused-ring (bicyclic) bond motifs is 1. The number of carbonyl (C=O) groups excluding carboxylic acids is 3. The van der Waals surface area contributed by atoms with E-state index in [1.54, 1.807) is 23.3 Å². The Morgan fingerprint density at radius 3 is 2.58 bits per heavy atom. The van der Waals surface area contributed by atoms with E-state index in [1.807, 2.05) is 6.26 Å². The molecular weight excluding hydrogens is 346 g/mol. The molecule has 1 aliphatic heterocycles. The summed E-state index contributed by atoms with van der Waals surface area (Å²) in [5, 5.41) is 5.01. The van der Waals surface area contributed by atoms with Crippen molar-refractivity contribution in [2.45, 2.75) is 38.1 Å². The molecule has 1 N–H and O–H groups in total. The smallest absolute Gasteiger partial charge is 0.249 e. The Morgan fingerprint density at radius 1 is 1.38 bits per heavy atom. The van der Waals surface area contributed by atoms with Crippen LogP contribution in [-0.2, 0) is 14.4 Å². The second-order valence-corrected chi connectivity index (χ2v) is 8.05. The molecule has 2 fully saturated rings. The minimum Gasteiger partial charge on any atom is -0.300 e. The quantitative estimate of drug-likeness (QED) is 0.781. The maximum atomic E-state index is 12.8. The molecule has 0 aromatic carbocycles. The number of aromatic nitrogens is 1. The number of thiazole rings is 1. The van der Waals surface area contributed by atoms with Crippen LogP contribution in [0.4, 0.5) is 5.13 Å². The van der Waals surface area contributed by atoms with E-state index < -0.39 is 6.04 Å². The van der Waals surface area contributed by atoms with Crippen LogP contribution in [0.15, 0.2) is 11.6 Å². The maximum absolute atomic E-state index is 12.8. The molecule has 8 heteroatoms. The molecule has 24 heavy (non-hydrogen) atoms. The molecule has 1 aromatic heterocycles. The first-order valence-corrected chi connectivity index (χ1v) is 10.5. The highest BCUT2D eigenvalue weighted by molar-refractivity contribution is 7.98. The fraction of sp³-hybridized carbons (Fsp3) is 0.625. The zero-order chi connectivity index (χ0) is 17.1. The van der Waals surface area contributed by atoms with Gasteiger partial charge >= 0.3 is 0 Å². The summed E-state index contributed by atoms with van der Waals surface area (Å²) in [5.41, 5.74) is 0. The average molecular weight is 367 g/mol. The number of likely N-dealkylation sites (tertiary alicyclic amines) is 1. The zero-order valence-electron chi connectivity index (χ0n) is 13.6. The van der Waals surface area contributed by atoms with Crippen molar-refractivity contribution in [2.75, 3.05) is 17.3 Å². The van der Waals surface area contributed by atoms with Crippen molar-refractivity contribution in [3.8, 4) is 0 Å². The van der Waals surface area contributed by atoms with Crippen molar-refractivity contribution in [1.29, 1.82) is 0 Å². The van der Waals surface area contributed by atoms with Gasteiger partial charge in [0, 0.05) is 11.6 Å². The fourth-order valence-corrected chi connectivity index (χ4v) is 4.57. The molecule has 3 rings (SSSR count). The third-order valence-electron chi connectivity index (χ3n) is 4.75. The van der Waals surface area contributed by atoms with E-state index in [0.29, 0.717) is 17.3 Å². The largest absolute Gasteiger partial charge is 0.300 e. The van der Waals surface area contributed by atoms with Crippen molar-refractivity contribution in [2.24, 2.45) is 11.8 Å². The summed E-state index contributed by atoms with van der Waals surface area (Å²) in [5.74, 6) is -0.386. The van der Waals surface area contributed by atoms with Gasteiger partial charge in [-0.25, -0.2) is 4.98 Å². The molecule has 1 saturated carbocycles. The Balaban J connectivity index is 1.80. The van der Waals surface area contributed by atoms with Crippen molar-refractivity contribution in [1.82, 2.24) is 9.88 Å². The number of imide groups is 1. The third-order valence-corrected chi connectivity index (χ3v) is 6.08. The van der Waals surface area contributed by atoms with Gasteiger partial charge in [0.05, 0.1) is 11.8 Å². The lowest BCUT2D eigenvalue weighted by Gasteiger charge is -2.25. The van der Waals surface area contributed by atoms with Gasteiger partial charge in [0.1, 0.15) is 6.04 Å². The Kier molecular flexibility index (Phi) is 5.55. The summed E-state index contributed by atoms with van der Waals surface area (Å²) in [7, 11) is 0. The van der Waals surface area contributed by atoms with E-state index >= 15 is 0 Å². The topological polar surface area (TPSA) is 79.4 Å². The Morgan fingerprint density at radius 2 is 2.04 bits per heavy atom. The van der Waals surface area contributed by atoms with Crippen LogP contribution in [0.1, 0.15) is 32.1 Å². The van der Waals surface area contributed by atoms with Crippen molar-refractivity contribution in [3.05, 3.63) is 11.6 Å². The van der Waals surface area contributed by atoms with Crippen LogP contribution >= 0.6 is 23.1 Å². The maximum Gasteiger partial charge on any atom is 0.249 e. The van der Waals surface area contributed by atoms with E-state index in [9.17, 15) is 14.4 Å². The molecule has 0 spiro atoms. The number of amides is 3. The minimum absolute atomic E-state index is 0.162. The van der Waals surface area contributed by atoms with Crippen LogP contribution in [0.2, 0.25) is 0 Å². The zero-order valence-corrected chi connectivity index (χ0v) is 15.2. The Bertz CT molecular complexity index is 596. The van der Waals surface area contributed by atoms with Gasteiger partial charge in [-0.1, -0.05) is 12.8 Å². The molecule has 3 atom stereocenters. The second kappa shape index (κ2) is 7.65. The molecule has 6 nitrogen and oxygen atoms in total. The van der Waals surface area contributed by atoms with Crippen LogP contribution in [-0.4, -0.2) is 45.7 Å². The molecule has 1 saturated heterocycles. The third kappa shape index (κ3) is 3.35. The lowest BCUT2D eigenvalue weighted by Crippen LogP contribution is -2.48. The van der Waals surface area contributed by atoms with Crippen LogP contribution in [0.25, 0.3) is 0 Å². The molecule has 0 bridgehead atoms. The van der Waals surface area contributed by atoms with E-state index in [2.05, 4.69) is 10.3 Å². The first-order chi connectivity index (χ1) is 11.6. The molecular formula is C16H21N3O3S2. The number of thioether (sulfide) groups is 1. The lowest BCUT2D eigenvalue weighted by atomic mass is 9.81. The number of rotatable bonds is 6. The number of nitrogens with one attached hydrogen (secondary N) is 1. The van der Waals surface area contributed by atoms with Crippen molar-refractivity contribution < 1.29 is 14.4 Å². The summed E-state index contributed by atoms with van der Waals surface area (Å²) >= 11 is 2.92. The van der Waals surface area contributed by atoms with Crippen LogP contribution in [0.5, 0.6) is 0 Å². The van der Waals surface area contributed by atoms with Gasteiger partial charge in [-0.15, -0.1) is 11.3 Å². The minimum atomic E-state index is -0.744. The van der Waals surface area contributed by atoms with E-state index in [-0.39, 0.29) is 29.6 Å². The predicted octanol–water partition coefficient (Wildman–Crippen LogP) is 2.38. The van der Waals surface area contributed by atoms with Crippen molar-refractivity contribution in [3.63, 3.8) is 0 Å². The van der Waals surface area contributed by atoms with Gasteiger partial charge in [0.25, 0.3) is 0 Å². The number of nitrogens with zero attached hydrogens (tertiary/aromatic N) is 2. The highest BCUT2D eigenvalue weighted by Gasteiger charge is 2.51. The highest BCUT2D eigenvalue weighted by atomic mass is 32.2. The molecule has 0 radical (unpaired) electrons. The summed E-state index contributed by atoms with van der Waals surface area (Å²) in [4.78, 5) is 43.5. The summed E-state index contributed by atoms with van der Waals surface area (Å²) in [6.45, 7) is 0. The van der Waals surface area contributed by atoms with E-state index in [4.69, 9.17) is 0 Å².